The molecule has 2 aromatic rings. The van der Waals surface area contributed by atoms with Gasteiger partial charge in [0.25, 0.3) is 0 Å². The van der Waals surface area contributed by atoms with E-state index in [2.05, 4.69) is 5.32 Å². The smallest absolute Gasteiger partial charge is 0.243 e. The van der Waals surface area contributed by atoms with E-state index in [-0.39, 0.29) is 11.8 Å². The second kappa shape index (κ2) is 7.38. The number of carbonyl (C=O) groups excluding carboxylic acids is 2. The zero-order chi connectivity index (χ0) is 17.8. The Hall–Kier alpha value is -2.82. The van der Waals surface area contributed by atoms with E-state index in [4.69, 9.17) is 4.74 Å². The van der Waals surface area contributed by atoms with Crippen molar-refractivity contribution in [2.45, 2.75) is 25.8 Å². The number of fused-ring (bicyclic) bond motifs is 1. The summed E-state index contributed by atoms with van der Waals surface area (Å²) in [5.74, 6) is 0.575. The van der Waals surface area contributed by atoms with Crippen molar-refractivity contribution in [2.75, 3.05) is 18.6 Å². The molecule has 2 aromatic carbocycles. The first-order chi connectivity index (χ1) is 12.1. The molecule has 2 amide bonds. The molecule has 3 rings (SSSR count). The van der Waals surface area contributed by atoms with Gasteiger partial charge in [-0.3, -0.25) is 14.5 Å². The maximum Gasteiger partial charge on any atom is 0.243 e. The second-order valence-electron chi connectivity index (χ2n) is 6.09. The molecule has 0 saturated carbocycles. The third-order valence-corrected chi connectivity index (χ3v) is 4.50. The first-order valence-electron chi connectivity index (χ1n) is 8.39. The lowest BCUT2D eigenvalue weighted by Crippen LogP contribution is -2.47. The van der Waals surface area contributed by atoms with E-state index >= 15 is 0 Å². The summed E-state index contributed by atoms with van der Waals surface area (Å²) < 4.78 is 5.33. The van der Waals surface area contributed by atoms with Crippen LogP contribution in [0.15, 0.2) is 48.5 Å². The Morgan fingerprint density at radius 1 is 1.16 bits per heavy atom. The van der Waals surface area contributed by atoms with Crippen LogP contribution in [0.4, 0.5) is 5.69 Å². The minimum absolute atomic E-state index is 0.116. The summed E-state index contributed by atoms with van der Waals surface area (Å²) in [4.78, 5) is 26.3. The number of rotatable bonds is 5. The molecule has 0 aliphatic carbocycles. The minimum Gasteiger partial charge on any atom is -0.496 e. The van der Waals surface area contributed by atoms with E-state index in [1.807, 2.05) is 48.5 Å². The highest BCUT2D eigenvalue weighted by Gasteiger charge is 2.36. The van der Waals surface area contributed by atoms with Crippen molar-refractivity contribution < 1.29 is 14.3 Å². The highest BCUT2D eigenvalue weighted by molar-refractivity contribution is 6.02. The fourth-order valence-corrected chi connectivity index (χ4v) is 3.33. The van der Waals surface area contributed by atoms with Crippen molar-refractivity contribution in [3.05, 3.63) is 59.7 Å². The van der Waals surface area contributed by atoms with E-state index in [1.165, 1.54) is 6.92 Å². The van der Waals surface area contributed by atoms with Gasteiger partial charge in [-0.1, -0.05) is 36.4 Å². The van der Waals surface area contributed by atoms with Gasteiger partial charge in [0, 0.05) is 25.6 Å². The van der Waals surface area contributed by atoms with Crippen molar-refractivity contribution in [1.29, 1.82) is 0 Å². The monoisotopic (exact) mass is 338 g/mol. The molecule has 0 radical (unpaired) electrons. The lowest BCUT2D eigenvalue weighted by Gasteiger charge is -2.23. The van der Waals surface area contributed by atoms with Gasteiger partial charge >= 0.3 is 0 Å². The number of ether oxygens (including phenoxy) is 1. The van der Waals surface area contributed by atoms with Gasteiger partial charge in [-0.05, 0) is 29.7 Å². The van der Waals surface area contributed by atoms with Crippen LogP contribution in [0.2, 0.25) is 0 Å². The van der Waals surface area contributed by atoms with Crippen LogP contribution in [-0.4, -0.2) is 31.5 Å². The molecule has 1 atom stereocenters. The van der Waals surface area contributed by atoms with Gasteiger partial charge in [-0.25, -0.2) is 0 Å². The summed E-state index contributed by atoms with van der Waals surface area (Å²) in [6.07, 6.45) is 1.23. The predicted octanol–water partition coefficient (Wildman–Crippen LogP) is 2.33. The van der Waals surface area contributed by atoms with Gasteiger partial charge in [0.05, 0.1) is 7.11 Å². The summed E-state index contributed by atoms with van der Waals surface area (Å²) >= 11 is 0. The van der Waals surface area contributed by atoms with Crippen molar-refractivity contribution in [1.82, 2.24) is 5.32 Å². The molecule has 5 nitrogen and oxygen atoms in total. The van der Waals surface area contributed by atoms with Crippen molar-refractivity contribution in [3.8, 4) is 5.75 Å². The standard InChI is InChI=1S/C20H22N2O3/c1-14(23)22-17-9-5-3-8-16(17)13-18(22)20(24)21-12-11-15-7-4-6-10-19(15)25-2/h3-10,18H,11-13H2,1-2H3,(H,21,24)/t18-/m1/s1. The number of hydrogen-bond donors (Lipinski definition) is 1. The maximum absolute atomic E-state index is 12.6. The fraction of sp³-hybridized carbons (Fsp3) is 0.300. The molecule has 1 aliphatic heterocycles. The second-order valence-corrected chi connectivity index (χ2v) is 6.09. The molecule has 0 bridgehead atoms. The van der Waals surface area contributed by atoms with E-state index in [1.54, 1.807) is 12.0 Å². The van der Waals surface area contributed by atoms with Crippen molar-refractivity contribution >= 4 is 17.5 Å². The number of amides is 2. The highest BCUT2D eigenvalue weighted by Crippen LogP contribution is 2.32. The van der Waals surface area contributed by atoms with Gasteiger partial charge in [0.1, 0.15) is 11.8 Å². The molecule has 0 aromatic heterocycles. The summed E-state index contributed by atoms with van der Waals surface area (Å²) in [6.45, 7) is 2.00. The summed E-state index contributed by atoms with van der Waals surface area (Å²) in [5, 5.41) is 2.96. The third-order valence-electron chi connectivity index (χ3n) is 4.50. The van der Waals surface area contributed by atoms with Gasteiger partial charge in [-0.2, -0.15) is 0 Å². The quantitative estimate of drug-likeness (QED) is 0.910. The zero-order valence-corrected chi connectivity index (χ0v) is 14.5. The van der Waals surface area contributed by atoms with Crippen molar-refractivity contribution in [3.63, 3.8) is 0 Å². The van der Waals surface area contributed by atoms with Gasteiger partial charge in [0.15, 0.2) is 0 Å². The molecule has 1 heterocycles. The van der Waals surface area contributed by atoms with E-state index in [9.17, 15) is 9.59 Å². The normalized spacial score (nSPS) is 15.6. The Morgan fingerprint density at radius 3 is 2.64 bits per heavy atom. The molecule has 1 aliphatic rings. The lowest BCUT2D eigenvalue weighted by atomic mass is 10.1. The number of methoxy groups -OCH3 is 1. The van der Waals surface area contributed by atoms with Crippen LogP contribution in [0.3, 0.4) is 0 Å². The van der Waals surface area contributed by atoms with E-state index in [0.717, 1.165) is 22.6 Å². The molecule has 0 saturated heterocycles. The first kappa shape index (κ1) is 17.0. The number of nitrogens with one attached hydrogen (secondary N) is 1. The summed E-state index contributed by atoms with van der Waals surface area (Å²) in [5.41, 5.74) is 2.91. The fourth-order valence-electron chi connectivity index (χ4n) is 3.33. The summed E-state index contributed by atoms with van der Waals surface area (Å²) in [6, 6.07) is 14.9. The number of hydrogen-bond acceptors (Lipinski definition) is 3. The van der Waals surface area contributed by atoms with Gasteiger partial charge in [-0.15, -0.1) is 0 Å². The van der Waals surface area contributed by atoms with Crippen LogP contribution in [-0.2, 0) is 22.4 Å². The van der Waals surface area contributed by atoms with Crippen LogP contribution in [0.25, 0.3) is 0 Å². The molecule has 130 valence electrons. The van der Waals surface area contributed by atoms with E-state index < -0.39 is 6.04 Å². The minimum atomic E-state index is -0.479. The predicted molar refractivity (Wildman–Crippen MR) is 96.8 cm³/mol. The summed E-state index contributed by atoms with van der Waals surface area (Å²) in [7, 11) is 1.64. The Bertz CT molecular complexity index is 788. The molecule has 0 unspecified atom stereocenters. The number of carbonyl (C=O) groups is 2. The zero-order valence-electron chi connectivity index (χ0n) is 14.5. The number of nitrogens with zero attached hydrogens (tertiary/aromatic N) is 1. The number of anilines is 1. The Balaban J connectivity index is 1.64. The van der Waals surface area contributed by atoms with Crippen LogP contribution in [0.5, 0.6) is 5.75 Å². The van der Waals surface area contributed by atoms with Crippen LogP contribution >= 0.6 is 0 Å². The average Bonchev–Trinajstić information content (AvgIpc) is 3.02. The maximum atomic E-state index is 12.6. The topological polar surface area (TPSA) is 58.6 Å². The van der Waals surface area contributed by atoms with Crippen molar-refractivity contribution in [2.24, 2.45) is 0 Å². The molecule has 0 spiro atoms. The number of para-hydroxylation sites is 2. The lowest BCUT2D eigenvalue weighted by molar-refractivity contribution is -0.125. The Labute approximate surface area is 147 Å². The van der Waals surface area contributed by atoms with Crippen LogP contribution in [0, 0.1) is 0 Å². The van der Waals surface area contributed by atoms with Crippen LogP contribution < -0.4 is 15.0 Å². The molecule has 0 fully saturated rings. The number of benzene rings is 2. The Morgan fingerprint density at radius 2 is 1.88 bits per heavy atom. The average molecular weight is 338 g/mol. The largest absolute Gasteiger partial charge is 0.496 e. The molecule has 5 heteroatoms. The SMILES string of the molecule is COc1ccccc1CCNC(=O)[C@H]1Cc2ccccc2N1C(C)=O. The van der Waals surface area contributed by atoms with Gasteiger partial charge in [0.2, 0.25) is 11.8 Å². The molecule has 1 N–H and O–H groups in total. The van der Waals surface area contributed by atoms with E-state index in [0.29, 0.717) is 19.4 Å². The molecular weight excluding hydrogens is 316 g/mol. The first-order valence-corrected chi connectivity index (χ1v) is 8.39. The molecular formula is C20H22N2O3. The van der Waals surface area contributed by atoms with Crippen LogP contribution in [0.1, 0.15) is 18.1 Å². The molecule has 25 heavy (non-hydrogen) atoms. The van der Waals surface area contributed by atoms with Gasteiger partial charge < -0.3 is 10.1 Å². The Kier molecular flexibility index (Phi) is 5.03. The third kappa shape index (κ3) is 3.50. The highest BCUT2D eigenvalue weighted by atomic mass is 16.5.